The summed E-state index contributed by atoms with van der Waals surface area (Å²) in [6.07, 6.45) is 0.957. The molecule has 150 valence electrons. The van der Waals surface area contributed by atoms with Gasteiger partial charge in [0.2, 0.25) is 5.91 Å². The van der Waals surface area contributed by atoms with Gasteiger partial charge in [0.25, 0.3) is 0 Å². The van der Waals surface area contributed by atoms with Crippen molar-refractivity contribution >= 4 is 28.4 Å². The number of aromatic nitrogens is 1. The lowest BCUT2D eigenvalue weighted by Gasteiger charge is -2.36. The van der Waals surface area contributed by atoms with Gasteiger partial charge in [0.1, 0.15) is 0 Å². The zero-order chi connectivity index (χ0) is 19.6. The molecule has 3 heterocycles. The molecule has 1 fully saturated rings. The molecule has 0 aromatic carbocycles. The highest BCUT2D eigenvalue weighted by Crippen LogP contribution is 2.28. The van der Waals surface area contributed by atoms with Gasteiger partial charge in [0, 0.05) is 43.5 Å². The molecule has 2 aliphatic heterocycles. The molecule has 1 saturated heterocycles. The van der Waals surface area contributed by atoms with E-state index in [1.165, 1.54) is 11.3 Å². The van der Waals surface area contributed by atoms with Crippen LogP contribution in [0.25, 0.3) is 0 Å². The van der Waals surface area contributed by atoms with E-state index in [9.17, 15) is 9.59 Å². The van der Waals surface area contributed by atoms with Crippen molar-refractivity contribution in [1.82, 2.24) is 20.1 Å². The monoisotopic (exact) mass is 395 g/mol. The van der Waals surface area contributed by atoms with Gasteiger partial charge in [0.15, 0.2) is 5.13 Å². The van der Waals surface area contributed by atoms with Gasteiger partial charge in [-0.15, -0.1) is 11.3 Å². The van der Waals surface area contributed by atoms with Crippen molar-refractivity contribution in [2.45, 2.75) is 58.9 Å². The molecule has 0 radical (unpaired) electrons. The van der Waals surface area contributed by atoms with Crippen molar-refractivity contribution in [2.75, 3.05) is 31.5 Å². The summed E-state index contributed by atoms with van der Waals surface area (Å²) in [6.45, 7) is 11.1. The Kier molecular flexibility index (Phi) is 6.33. The predicted molar refractivity (Wildman–Crippen MR) is 105 cm³/mol. The number of hydrogen-bond donors (Lipinski definition) is 2. The van der Waals surface area contributed by atoms with E-state index >= 15 is 0 Å². The van der Waals surface area contributed by atoms with Gasteiger partial charge in [-0.05, 0) is 27.7 Å². The van der Waals surface area contributed by atoms with Crippen LogP contribution < -0.4 is 10.6 Å². The van der Waals surface area contributed by atoms with E-state index < -0.39 is 0 Å². The summed E-state index contributed by atoms with van der Waals surface area (Å²) in [4.78, 5) is 34.2. The Hall–Kier alpha value is -1.71. The Bertz CT molecular complexity index is 683. The van der Waals surface area contributed by atoms with E-state index in [1.807, 2.05) is 32.6 Å². The summed E-state index contributed by atoms with van der Waals surface area (Å²) in [5.41, 5.74) is 1.03. The number of anilines is 1. The van der Waals surface area contributed by atoms with E-state index in [4.69, 9.17) is 4.74 Å². The second-order valence-corrected chi connectivity index (χ2v) is 8.74. The van der Waals surface area contributed by atoms with Crippen molar-refractivity contribution in [3.8, 4) is 0 Å². The Balaban J connectivity index is 1.55. The Morgan fingerprint density at radius 3 is 2.67 bits per heavy atom. The van der Waals surface area contributed by atoms with Crippen LogP contribution >= 0.6 is 11.3 Å². The summed E-state index contributed by atoms with van der Waals surface area (Å²) in [6, 6.07) is -0.162. The molecule has 2 aliphatic rings. The lowest BCUT2D eigenvalue weighted by molar-refractivity contribution is -0.144. The predicted octanol–water partition coefficient (Wildman–Crippen LogP) is 1.67. The molecule has 27 heavy (non-hydrogen) atoms. The van der Waals surface area contributed by atoms with Gasteiger partial charge in [-0.25, -0.2) is 9.78 Å². The largest absolute Gasteiger partial charge is 0.372 e. The van der Waals surface area contributed by atoms with E-state index in [-0.39, 0.29) is 30.2 Å². The number of urea groups is 1. The molecule has 0 aliphatic carbocycles. The van der Waals surface area contributed by atoms with Gasteiger partial charge in [0.05, 0.1) is 24.4 Å². The first-order valence-corrected chi connectivity index (χ1v) is 10.3. The van der Waals surface area contributed by atoms with Crippen molar-refractivity contribution < 1.29 is 14.3 Å². The lowest BCUT2D eigenvalue weighted by Crippen LogP contribution is -2.51. The standard InChI is InChI=1S/C18H29N5O3S/c1-11(2)19-17(25)21-18-20-14-5-6-22(9-15(14)27-18)10-16(24)23-7-12(3)26-13(4)8-23/h11-13H,5-10H2,1-4H3,(H2,19,20,21,25). The number of amides is 3. The molecular weight excluding hydrogens is 366 g/mol. The number of rotatable bonds is 4. The first-order chi connectivity index (χ1) is 12.8. The summed E-state index contributed by atoms with van der Waals surface area (Å²) in [5.74, 6) is 0.152. The molecule has 2 atom stereocenters. The highest BCUT2D eigenvalue weighted by atomic mass is 32.1. The van der Waals surface area contributed by atoms with Crippen LogP contribution in [0.2, 0.25) is 0 Å². The maximum atomic E-state index is 12.7. The quantitative estimate of drug-likeness (QED) is 0.810. The van der Waals surface area contributed by atoms with Crippen LogP contribution in [-0.4, -0.2) is 71.2 Å². The third-order valence-electron chi connectivity index (χ3n) is 4.58. The fourth-order valence-electron chi connectivity index (χ4n) is 3.51. The summed E-state index contributed by atoms with van der Waals surface area (Å²) < 4.78 is 5.71. The van der Waals surface area contributed by atoms with Crippen LogP contribution in [0.1, 0.15) is 38.3 Å². The van der Waals surface area contributed by atoms with Gasteiger partial charge in [-0.3, -0.25) is 15.0 Å². The van der Waals surface area contributed by atoms with Gasteiger partial charge in [-0.1, -0.05) is 0 Å². The Morgan fingerprint density at radius 2 is 2.00 bits per heavy atom. The maximum absolute atomic E-state index is 12.7. The van der Waals surface area contributed by atoms with E-state index in [2.05, 4.69) is 20.5 Å². The average molecular weight is 396 g/mol. The van der Waals surface area contributed by atoms with E-state index in [0.717, 1.165) is 23.5 Å². The molecule has 8 nitrogen and oxygen atoms in total. The minimum absolute atomic E-state index is 0.0757. The molecule has 0 bridgehead atoms. The molecule has 1 aromatic rings. The average Bonchev–Trinajstić information content (AvgIpc) is 2.94. The third-order valence-corrected chi connectivity index (χ3v) is 5.58. The third kappa shape index (κ3) is 5.40. The highest BCUT2D eigenvalue weighted by molar-refractivity contribution is 7.15. The fraction of sp³-hybridized carbons (Fsp3) is 0.722. The number of nitrogens with zero attached hydrogens (tertiary/aromatic N) is 3. The molecule has 1 aromatic heterocycles. The Morgan fingerprint density at radius 1 is 1.30 bits per heavy atom. The van der Waals surface area contributed by atoms with Crippen molar-refractivity contribution in [2.24, 2.45) is 0 Å². The number of morpholine rings is 1. The first kappa shape index (κ1) is 20.0. The molecular formula is C18H29N5O3S. The number of carbonyl (C=O) groups is 2. The minimum Gasteiger partial charge on any atom is -0.372 e. The molecule has 2 unspecified atom stereocenters. The van der Waals surface area contributed by atoms with Gasteiger partial charge < -0.3 is 15.0 Å². The molecule has 3 rings (SSSR count). The zero-order valence-electron chi connectivity index (χ0n) is 16.4. The smallest absolute Gasteiger partial charge is 0.321 e. The van der Waals surface area contributed by atoms with Crippen LogP contribution in [0.3, 0.4) is 0 Å². The summed E-state index contributed by atoms with van der Waals surface area (Å²) in [5, 5.41) is 6.21. The second kappa shape index (κ2) is 8.53. The minimum atomic E-state index is -0.237. The molecule has 9 heteroatoms. The second-order valence-electron chi connectivity index (χ2n) is 7.66. The highest BCUT2D eigenvalue weighted by Gasteiger charge is 2.28. The van der Waals surface area contributed by atoms with Gasteiger partial charge in [-0.2, -0.15) is 0 Å². The number of thiazole rings is 1. The normalized spacial score (nSPS) is 23.2. The molecule has 2 N–H and O–H groups in total. The topological polar surface area (TPSA) is 86.8 Å². The number of hydrogen-bond acceptors (Lipinski definition) is 6. The van der Waals surface area contributed by atoms with Crippen LogP contribution in [0.15, 0.2) is 0 Å². The fourth-order valence-corrected chi connectivity index (χ4v) is 4.55. The SMILES string of the molecule is CC(C)NC(=O)Nc1nc2c(s1)CN(CC(=O)N1CC(C)OC(C)C1)CC2. The van der Waals surface area contributed by atoms with E-state index in [1.54, 1.807) is 0 Å². The summed E-state index contributed by atoms with van der Waals surface area (Å²) >= 11 is 1.49. The van der Waals surface area contributed by atoms with Crippen LogP contribution in [-0.2, 0) is 22.5 Å². The van der Waals surface area contributed by atoms with Crippen molar-refractivity contribution in [3.63, 3.8) is 0 Å². The first-order valence-electron chi connectivity index (χ1n) is 9.52. The van der Waals surface area contributed by atoms with E-state index in [0.29, 0.717) is 31.3 Å². The van der Waals surface area contributed by atoms with Crippen molar-refractivity contribution in [3.05, 3.63) is 10.6 Å². The lowest BCUT2D eigenvalue weighted by atomic mass is 10.1. The number of nitrogens with one attached hydrogen (secondary N) is 2. The molecule has 0 saturated carbocycles. The number of ether oxygens (including phenoxy) is 1. The van der Waals surface area contributed by atoms with Crippen LogP contribution in [0.5, 0.6) is 0 Å². The number of carbonyl (C=O) groups excluding carboxylic acids is 2. The zero-order valence-corrected chi connectivity index (χ0v) is 17.3. The van der Waals surface area contributed by atoms with Crippen LogP contribution in [0, 0.1) is 0 Å². The van der Waals surface area contributed by atoms with Gasteiger partial charge >= 0.3 is 6.03 Å². The molecule has 3 amide bonds. The maximum Gasteiger partial charge on any atom is 0.321 e. The van der Waals surface area contributed by atoms with Crippen LogP contribution in [0.4, 0.5) is 9.93 Å². The number of fused-ring (bicyclic) bond motifs is 1. The molecule has 0 spiro atoms. The van der Waals surface area contributed by atoms with Crippen molar-refractivity contribution in [1.29, 1.82) is 0 Å². The summed E-state index contributed by atoms with van der Waals surface area (Å²) in [7, 11) is 0. The Labute approximate surface area is 164 Å².